The zero-order valence-corrected chi connectivity index (χ0v) is 11.7. The van der Waals surface area contributed by atoms with E-state index < -0.39 is 0 Å². The summed E-state index contributed by atoms with van der Waals surface area (Å²) in [6, 6.07) is 7.37. The number of hydrogen-bond donors (Lipinski definition) is 2. The average molecular weight is 287 g/mol. The Kier molecular flexibility index (Phi) is 6.62. The van der Waals surface area contributed by atoms with Crippen LogP contribution < -0.4 is 15.4 Å². The number of halogens is 1. The van der Waals surface area contributed by atoms with Crippen LogP contribution in [0.4, 0.5) is 5.69 Å². The van der Waals surface area contributed by atoms with Gasteiger partial charge in [0.05, 0.1) is 19.8 Å². The minimum atomic E-state index is -0.0599. The molecule has 1 aromatic carbocycles. The molecule has 5 nitrogen and oxygen atoms in total. The van der Waals surface area contributed by atoms with Gasteiger partial charge in [0.2, 0.25) is 5.91 Å². The molecule has 1 aromatic rings. The Morgan fingerprint density at radius 1 is 1.42 bits per heavy atom. The molecule has 1 saturated heterocycles. The average Bonchev–Trinajstić information content (AvgIpc) is 2.85. The van der Waals surface area contributed by atoms with Crippen molar-refractivity contribution in [2.45, 2.75) is 12.5 Å². The maximum absolute atomic E-state index is 11.4. The molecule has 6 heteroatoms. The van der Waals surface area contributed by atoms with Gasteiger partial charge in [-0.15, -0.1) is 12.4 Å². The first kappa shape index (κ1) is 15.8. The van der Waals surface area contributed by atoms with Crippen molar-refractivity contribution in [1.29, 1.82) is 0 Å². The van der Waals surface area contributed by atoms with E-state index in [0.717, 1.165) is 24.5 Å². The highest BCUT2D eigenvalue weighted by Crippen LogP contribution is 2.19. The fraction of sp³-hybridized carbons (Fsp3) is 0.462. The topological polar surface area (TPSA) is 59.6 Å². The molecule has 0 aromatic heterocycles. The second-order valence-corrected chi connectivity index (χ2v) is 4.21. The minimum absolute atomic E-state index is 0. The largest absolute Gasteiger partial charge is 0.488 e. The number of hydrogen-bond acceptors (Lipinski definition) is 4. The van der Waals surface area contributed by atoms with Crippen LogP contribution in [0.15, 0.2) is 24.3 Å². The molecule has 1 atom stereocenters. The maximum Gasteiger partial charge on any atom is 0.238 e. The monoisotopic (exact) mass is 286 g/mol. The van der Waals surface area contributed by atoms with Crippen molar-refractivity contribution in [2.75, 3.05) is 32.1 Å². The van der Waals surface area contributed by atoms with Crippen LogP contribution >= 0.6 is 12.4 Å². The lowest BCUT2D eigenvalue weighted by Crippen LogP contribution is -2.25. The number of likely N-dealkylation sites (N-methyl/N-ethyl adjacent to an activating group) is 1. The SMILES string of the molecule is CNCC(=O)Nc1ccc(OC2CCOC2)cc1.Cl. The van der Waals surface area contributed by atoms with Crippen LogP contribution in [-0.4, -0.2) is 38.8 Å². The molecule has 0 bridgehead atoms. The maximum atomic E-state index is 11.4. The van der Waals surface area contributed by atoms with Gasteiger partial charge in [0.25, 0.3) is 0 Å². The van der Waals surface area contributed by atoms with Crippen molar-refractivity contribution in [3.05, 3.63) is 24.3 Å². The molecule has 1 fully saturated rings. The van der Waals surface area contributed by atoms with E-state index in [1.54, 1.807) is 7.05 Å². The third-order valence-electron chi connectivity index (χ3n) is 2.67. The number of rotatable bonds is 5. The van der Waals surface area contributed by atoms with Crippen molar-refractivity contribution in [2.24, 2.45) is 0 Å². The number of carbonyl (C=O) groups excluding carboxylic acids is 1. The normalized spacial score (nSPS) is 17.6. The lowest BCUT2D eigenvalue weighted by molar-refractivity contribution is -0.115. The summed E-state index contributed by atoms with van der Waals surface area (Å²) >= 11 is 0. The molecule has 1 aliphatic rings. The number of amides is 1. The second kappa shape index (κ2) is 7.99. The van der Waals surface area contributed by atoms with Crippen molar-refractivity contribution in [3.63, 3.8) is 0 Å². The van der Waals surface area contributed by atoms with Crippen LogP contribution in [0, 0.1) is 0 Å². The van der Waals surface area contributed by atoms with E-state index >= 15 is 0 Å². The van der Waals surface area contributed by atoms with Crippen molar-refractivity contribution in [3.8, 4) is 5.75 Å². The van der Waals surface area contributed by atoms with E-state index in [-0.39, 0.29) is 24.4 Å². The van der Waals surface area contributed by atoms with Gasteiger partial charge in [-0.3, -0.25) is 4.79 Å². The van der Waals surface area contributed by atoms with Crippen LogP contribution in [0.3, 0.4) is 0 Å². The zero-order valence-electron chi connectivity index (χ0n) is 10.8. The number of nitrogens with one attached hydrogen (secondary N) is 2. The Labute approximate surface area is 119 Å². The molecule has 1 heterocycles. The Balaban J connectivity index is 0.00000180. The third-order valence-corrected chi connectivity index (χ3v) is 2.67. The van der Waals surface area contributed by atoms with Gasteiger partial charge in [-0.05, 0) is 31.3 Å². The molecule has 2 N–H and O–H groups in total. The summed E-state index contributed by atoms with van der Waals surface area (Å²) in [5, 5.41) is 5.58. The van der Waals surface area contributed by atoms with Gasteiger partial charge in [0.1, 0.15) is 11.9 Å². The molecular formula is C13H19ClN2O3. The fourth-order valence-electron chi connectivity index (χ4n) is 1.78. The van der Waals surface area contributed by atoms with Crippen LogP contribution in [0.25, 0.3) is 0 Å². The van der Waals surface area contributed by atoms with E-state index in [9.17, 15) is 4.79 Å². The standard InChI is InChI=1S/C13H18N2O3.ClH/c1-14-8-13(16)15-10-2-4-11(5-3-10)18-12-6-7-17-9-12;/h2-5,12,14H,6-9H2,1H3,(H,15,16);1H. The quantitative estimate of drug-likeness (QED) is 0.860. The van der Waals surface area contributed by atoms with Crippen molar-refractivity contribution < 1.29 is 14.3 Å². The molecule has 19 heavy (non-hydrogen) atoms. The van der Waals surface area contributed by atoms with Crippen LogP contribution in [0.1, 0.15) is 6.42 Å². The summed E-state index contributed by atoms with van der Waals surface area (Å²) in [5.41, 5.74) is 0.769. The Morgan fingerprint density at radius 3 is 2.74 bits per heavy atom. The van der Waals surface area contributed by atoms with Gasteiger partial charge in [-0.25, -0.2) is 0 Å². The van der Waals surface area contributed by atoms with E-state index in [2.05, 4.69) is 10.6 Å². The summed E-state index contributed by atoms with van der Waals surface area (Å²) in [6.45, 7) is 1.72. The van der Waals surface area contributed by atoms with Gasteiger partial charge in [0.15, 0.2) is 0 Å². The zero-order chi connectivity index (χ0) is 12.8. The highest BCUT2D eigenvalue weighted by Gasteiger charge is 2.16. The van der Waals surface area contributed by atoms with E-state index in [4.69, 9.17) is 9.47 Å². The van der Waals surface area contributed by atoms with E-state index in [0.29, 0.717) is 13.2 Å². The minimum Gasteiger partial charge on any atom is -0.488 e. The molecule has 0 aliphatic carbocycles. The lowest BCUT2D eigenvalue weighted by Gasteiger charge is -2.12. The summed E-state index contributed by atoms with van der Waals surface area (Å²) < 4.78 is 11.0. The predicted molar refractivity (Wildman–Crippen MR) is 76.1 cm³/mol. The van der Waals surface area contributed by atoms with Crippen LogP contribution in [-0.2, 0) is 9.53 Å². The first-order valence-corrected chi connectivity index (χ1v) is 6.07. The van der Waals surface area contributed by atoms with Crippen molar-refractivity contribution in [1.82, 2.24) is 5.32 Å². The molecule has 2 rings (SSSR count). The smallest absolute Gasteiger partial charge is 0.238 e. The summed E-state index contributed by atoms with van der Waals surface area (Å²) in [7, 11) is 1.74. The van der Waals surface area contributed by atoms with Gasteiger partial charge < -0.3 is 20.1 Å². The highest BCUT2D eigenvalue weighted by atomic mass is 35.5. The molecule has 0 spiro atoms. The predicted octanol–water partition coefficient (Wildman–Crippen LogP) is 1.43. The first-order valence-electron chi connectivity index (χ1n) is 6.07. The molecule has 0 saturated carbocycles. The Morgan fingerprint density at radius 2 is 2.16 bits per heavy atom. The van der Waals surface area contributed by atoms with E-state index in [1.165, 1.54) is 0 Å². The third kappa shape index (κ3) is 5.06. The first-order chi connectivity index (χ1) is 8.78. The summed E-state index contributed by atoms with van der Waals surface area (Å²) in [5.74, 6) is 0.743. The number of carbonyl (C=O) groups is 1. The lowest BCUT2D eigenvalue weighted by atomic mass is 10.2. The molecule has 1 aliphatic heterocycles. The Bertz CT molecular complexity index is 391. The number of ether oxygens (including phenoxy) is 2. The molecular weight excluding hydrogens is 268 g/mol. The fourth-order valence-corrected chi connectivity index (χ4v) is 1.78. The van der Waals surface area contributed by atoms with E-state index in [1.807, 2.05) is 24.3 Å². The molecule has 106 valence electrons. The van der Waals surface area contributed by atoms with Gasteiger partial charge in [0, 0.05) is 12.1 Å². The second-order valence-electron chi connectivity index (χ2n) is 4.21. The number of benzene rings is 1. The number of anilines is 1. The molecule has 1 unspecified atom stereocenters. The van der Waals surface area contributed by atoms with Crippen LogP contribution in [0.5, 0.6) is 5.75 Å². The van der Waals surface area contributed by atoms with Gasteiger partial charge in [-0.2, -0.15) is 0 Å². The van der Waals surface area contributed by atoms with Crippen LogP contribution in [0.2, 0.25) is 0 Å². The highest BCUT2D eigenvalue weighted by molar-refractivity contribution is 5.92. The van der Waals surface area contributed by atoms with Gasteiger partial charge in [-0.1, -0.05) is 0 Å². The van der Waals surface area contributed by atoms with Gasteiger partial charge >= 0.3 is 0 Å². The Hall–Kier alpha value is -1.30. The molecule has 0 radical (unpaired) electrons. The molecule has 1 amide bonds. The summed E-state index contributed by atoms with van der Waals surface area (Å²) in [4.78, 5) is 11.4. The summed E-state index contributed by atoms with van der Waals surface area (Å²) in [6.07, 6.45) is 1.08. The van der Waals surface area contributed by atoms with Crippen molar-refractivity contribution >= 4 is 24.0 Å².